The van der Waals surface area contributed by atoms with Crippen LogP contribution in [0.4, 0.5) is 0 Å². The molecule has 2 rings (SSSR count). The molecule has 1 unspecified atom stereocenters. The Kier molecular flexibility index (Phi) is 4.14. The van der Waals surface area contributed by atoms with Crippen LogP contribution < -0.4 is 4.74 Å². The quantitative estimate of drug-likeness (QED) is 0.597. The van der Waals surface area contributed by atoms with Gasteiger partial charge in [-0.2, -0.15) is 0 Å². The van der Waals surface area contributed by atoms with Crippen molar-refractivity contribution in [1.29, 1.82) is 0 Å². The third-order valence-electron chi connectivity index (χ3n) is 3.05. The lowest BCUT2D eigenvalue weighted by atomic mass is 9.91. The van der Waals surface area contributed by atoms with Gasteiger partial charge in [0, 0.05) is 5.56 Å². The molecule has 0 aliphatic carbocycles. The molecular weight excluding hydrogens is 236 g/mol. The first-order chi connectivity index (χ1) is 9.26. The molecule has 2 aromatic rings. The summed E-state index contributed by atoms with van der Waals surface area (Å²) in [5.74, 6) is 0.507. The first kappa shape index (κ1) is 13.1. The topological polar surface area (TPSA) is 26.3 Å². The van der Waals surface area contributed by atoms with Crippen molar-refractivity contribution in [3.63, 3.8) is 0 Å². The van der Waals surface area contributed by atoms with Crippen LogP contribution in [0.15, 0.2) is 67.3 Å². The second-order valence-electron chi connectivity index (χ2n) is 4.22. The highest BCUT2D eigenvalue weighted by molar-refractivity contribution is 6.02. The van der Waals surface area contributed by atoms with Crippen LogP contribution in [0, 0.1) is 0 Å². The van der Waals surface area contributed by atoms with Crippen LogP contribution >= 0.6 is 0 Å². The van der Waals surface area contributed by atoms with E-state index in [1.165, 1.54) is 0 Å². The Labute approximate surface area is 113 Å². The number of methoxy groups -OCH3 is 1. The number of hydrogen-bond acceptors (Lipinski definition) is 2. The van der Waals surface area contributed by atoms with E-state index in [1.54, 1.807) is 13.2 Å². The standard InChI is InChI=1S/C17H16O2/c1-3-16(13-9-11-15(19-2)12-10-13)17(18)14-7-5-4-6-8-14/h3-12,16H,1H2,2H3. The Bertz CT molecular complexity index is 556. The molecule has 0 aliphatic rings. The van der Waals surface area contributed by atoms with Gasteiger partial charge in [-0.3, -0.25) is 4.79 Å². The summed E-state index contributed by atoms with van der Waals surface area (Å²) in [4.78, 5) is 12.4. The molecule has 96 valence electrons. The van der Waals surface area contributed by atoms with Gasteiger partial charge in [0.15, 0.2) is 5.78 Å². The molecule has 2 aromatic carbocycles. The number of carbonyl (C=O) groups excluding carboxylic acids is 1. The summed E-state index contributed by atoms with van der Waals surface area (Å²) < 4.78 is 5.12. The van der Waals surface area contributed by atoms with E-state index in [-0.39, 0.29) is 11.7 Å². The van der Waals surface area contributed by atoms with Crippen molar-refractivity contribution in [1.82, 2.24) is 0 Å². The van der Waals surface area contributed by atoms with Gasteiger partial charge in [0.1, 0.15) is 5.75 Å². The molecule has 0 aromatic heterocycles. The Hall–Kier alpha value is -2.35. The number of hydrogen-bond donors (Lipinski definition) is 0. The minimum absolute atomic E-state index is 0.0563. The highest BCUT2D eigenvalue weighted by Crippen LogP contribution is 2.24. The highest BCUT2D eigenvalue weighted by Gasteiger charge is 2.18. The van der Waals surface area contributed by atoms with Crippen molar-refractivity contribution in [3.05, 3.63) is 78.4 Å². The first-order valence-corrected chi connectivity index (χ1v) is 6.12. The Morgan fingerprint density at radius 3 is 2.26 bits per heavy atom. The van der Waals surface area contributed by atoms with E-state index in [4.69, 9.17) is 4.74 Å². The molecule has 0 N–H and O–H groups in total. The van der Waals surface area contributed by atoms with Gasteiger partial charge in [-0.25, -0.2) is 0 Å². The summed E-state index contributed by atoms with van der Waals surface area (Å²) in [6.45, 7) is 3.77. The lowest BCUT2D eigenvalue weighted by Gasteiger charge is -2.12. The summed E-state index contributed by atoms with van der Waals surface area (Å²) in [5, 5.41) is 0. The van der Waals surface area contributed by atoms with Crippen LogP contribution in [0.3, 0.4) is 0 Å². The van der Waals surface area contributed by atoms with Crippen molar-refractivity contribution in [2.75, 3.05) is 7.11 Å². The summed E-state index contributed by atoms with van der Waals surface area (Å²) in [7, 11) is 1.62. The van der Waals surface area contributed by atoms with E-state index in [9.17, 15) is 4.79 Å². The zero-order chi connectivity index (χ0) is 13.7. The van der Waals surface area contributed by atoms with Crippen molar-refractivity contribution in [2.45, 2.75) is 5.92 Å². The van der Waals surface area contributed by atoms with E-state index < -0.39 is 0 Å². The fourth-order valence-corrected chi connectivity index (χ4v) is 1.99. The molecule has 1 atom stereocenters. The molecule has 0 fully saturated rings. The Morgan fingerprint density at radius 2 is 1.74 bits per heavy atom. The maximum absolute atomic E-state index is 12.4. The summed E-state index contributed by atoms with van der Waals surface area (Å²) >= 11 is 0. The van der Waals surface area contributed by atoms with Crippen LogP contribution in [0.25, 0.3) is 0 Å². The van der Waals surface area contributed by atoms with Gasteiger partial charge in [0.05, 0.1) is 13.0 Å². The van der Waals surface area contributed by atoms with Crippen LogP contribution in [0.5, 0.6) is 5.75 Å². The fraction of sp³-hybridized carbons (Fsp3) is 0.118. The second kappa shape index (κ2) is 6.01. The van der Waals surface area contributed by atoms with Gasteiger partial charge in [0.25, 0.3) is 0 Å². The van der Waals surface area contributed by atoms with Crippen LogP contribution in [0.1, 0.15) is 21.8 Å². The predicted octanol–water partition coefficient (Wildman–Crippen LogP) is 3.85. The molecule has 0 radical (unpaired) electrons. The van der Waals surface area contributed by atoms with Gasteiger partial charge in [-0.1, -0.05) is 48.5 Å². The maximum atomic E-state index is 12.4. The average molecular weight is 252 g/mol. The van der Waals surface area contributed by atoms with E-state index in [1.807, 2.05) is 54.6 Å². The number of ether oxygens (including phenoxy) is 1. The van der Waals surface area contributed by atoms with Gasteiger partial charge >= 0.3 is 0 Å². The number of carbonyl (C=O) groups is 1. The highest BCUT2D eigenvalue weighted by atomic mass is 16.5. The lowest BCUT2D eigenvalue weighted by molar-refractivity contribution is 0.0976. The molecule has 0 spiro atoms. The number of benzene rings is 2. The zero-order valence-corrected chi connectivity index (χ0v) is 10.9. The summed E-state index contributed by atoms with van der Waals surface area (Å²) in [6.07, 6.45) is 1.68. The van der Waals surface area contributed by atoms with E-state index in [0.717, 1.165) is 11.3 Å². The second-order valence-corrected chi connectivity index (χ2v) is 4.22. The molecule has 0 saturated carbocycles. The van der Waals surface area contributed by atoms with Crippen molar-refractivity contribution in [2.24, 2.45) is 0 Å². The van der Waals surface area contributed by atoms with Crippen LogP contribution in [0.2, 0.25) is 0 Å². The van der Waals surface area contributed by atoms with E-state index >= 15 is 0 Å². The molecule has 2 nitrogen and oxygen atoms in total. The predicted molar refractivity (Wildman–Crippen MR) is 76.7 cm³/mol. The Morgan fingerprint density at radius 1 is 1.11 bits per heavy atom. The third kappa shape index (κ3) is 2.91. The monoisotopic (exact) mass is 252 g/mol. The third-order valence-corrected chi connectivity index (χ3v) is 3.05. The Balaban J connectivity index is 2.29. The van der Waals surface area contributed by atoms with Crippen molar-refractivity contribution < 1.29 is 9.53 Å². The van der Waals surface area contributed by atoms with Gasteiger partial charge in [0.2, 0.25) is 0 Å². The summed E-state index contributed by atoms with van der Waals surface area (Å²) in [5.41, 5.74) is 1.62. The molecule has 0 amide bonds. The molecule has 0 heterocycles. The number of rotatable bonds is 5. The molecule has 0 aliphatic heterocycles. The largest absolute Gasteiger partial charge is 0.497 e. The number of Topliss-reactive ketones (excluding diaryl/α,β-unsaturated/α-hetero) is 1. The van der Waals surface area contributed by atoms with Crippen molar-refractivity contribution in [3.8, 4) is 5.75 Å². The molecule has 0 bridgehead atoms. The van der Waals surface area contributed by atoms with E-state index in [2.05, 4.69) is 6.58 Å². The number of ketones is 1. The zero-order valence-electron chi connectivity index (χ0n) is 10.9. The van der Waals surface area contributed by atoms with Crippen LogP contribution in [-0.2, 0) is 0 Å². The van der Waals surface area contributed by atoms with Gasteiger partial charge in [-0.05, 0) is 17.7 Å². The first-order valence-electron chi connectivity index (χ1n) is 6.12. The van der Waals surface area contributed by atoms with Gasteiger partial charge < -0.3 is 4.74 Å². The molecular formula is C17H16O2. The van der Waals surface area contributed by atoms with Crippen molar-refractivity contribution >= 4 is 5.78 Å². The minimum atomic E-state index is -0.326. The maximum Gasteiger partial charge on any atom is 0.174 e. The van der Waals surface area contributed by atoms with Crippen LogP contribution in [-0.4, -0.2) is 12.9 Å². The smallest absolute Gasteiger partial charge is 0.174 e. The number of allylic oxidation sites excluding steroid dienone is 1. The SMILES string of the molecule is C=CC(C(=O)c1ccccc1)c1ccc(OC)cc1. The summed E-state index contributed by atoms with van der Waals surface area (Å²) in [6, 6.07) is 16.8. The normalized spacial score (nSPS) is 11.6. The fourth-order valence-electron chi connectivity index (χ4n) is 1.99. The molecule has 2 heteroatoms. The minimum Gasteiger partial charge on any atom is -0.497 e. The molecule has 19 heavy (non-hydrogen) atoms. The molecule has 0 saturated heterocycles. The average Bonchev–Trinajstić information content (AvgIpc) is 2.49. The van der Waals surface area contributed by atoms with Gasteiger partial charge in [-0.15, -0.1) is 6.58 Å². The lowest BCUT2D eigenvalue weighted by Crippen LogP contribution is -2.10. The van der Waals surface area contributed by atoms with E-state index in [0.29, 0.717) is 5.56 Å².